The summed E-state index contributed by atoms with van der Waals surface area (Å²) in [5.41, 5.74) is -0.239. The van der Waals surface area contributed by atoms with Crippen molar-refractivity contribution in [2.75, 3.05) is 18.5 Å². The predicted octanol–water partition coefficient (Wildman–Crippen LogP) is 6.34. The number of unbranched alkanes of at least 4 members (excludes halogenated alkanes) is 2. The average Bonchev–Trinajstić information content (AvgIpc) is 2.64. The van der Waals surface area contributed by atoms with Crippen LogP contribution in [0.15, 0.2) is 0 Å². The molecule has 0 aliphatic rings. The van der Waals surface area contributed by atoms with Gasteiger partial charge in [-0.3, -0.25) is 4.79 Å². The summed E-state index contributed by atoms with van der Waals surface area (Å²) in [6.07, 6.45) is 11.6. The molecule has 1 amide bonds. The van der Waals surface area contributed by atoms with Gasteiger partial charge in [-0.15, -0.1) is 8.58 Å². The Balaban J connectivity index is 3.86. The highest BCUT2D eigenvalue weighted by atomic mass is 33.1. The quantitative estimate of drug-likeness (QED) is 0.106. The van der Waals surface area contributed by atoms with Crippen molar-refractivity contribution in [1.29, 1.82) is 0 Å². The SMILES string of the molecule is [B]C(=O)CCC(C)(C)SSCCCC(=O)NCCPC(C)(CCC)CCCCC. The summed E-state index contributed by atoms with van der Waals surface area (Å²) in [6.45, 7) is 12.1. The maximum atomic E-state index is 12.1. The molecule has 0 bridgehead atoms. The summed E-state index contributed by atoms with van der Waals surface area (Å²) < 4.78 is 0.0329. The van der Waals surface area contributed by atoms with E-state index in [4.69, 9.17) is 7.85 Å². The van der Waals surface area contributed by atoms with Crippen molar-refractivity contribution in [2.24, 2.45) is 0 Å². The van der Waals surface area contributed by atoms with Crippen LogP contribution in [-0.2, 0) is 9.59 Å². The Morgan fingerprint density at radius 2 is 1.69 bits per heavy atom. The van der Waals surface area contributed by atoms with E-state index in [1.807, 2.05) is 0 Å². The zero-order valence-electron chi connectivity index (χ0n) is 19.4. The Morgan fingerprint density at radius 3 is 2.31 bits per heavy atom. The van der Waals surface area contributed by atoms with Gasteiger partial charge in [0.05, 0.1) is 5.68 Å². The molecule has 0 aromatic rings. The van der Waals surface area contributed by atoms with Gasteiger partial charge >= 0.3 is 0 Å². The molecule has 0 aliphatic heterocycles. The second-order valence-electron chi connectivity index (χ2n) is 8.78. The average molecular weight is 460 g/mol. The highest BCUT2D eigenvalue weighted by Gasteiger charge is 2.22. The van der Waals surface area contributed by atoms with Gasteiger partial charge in [0.2, 0.25) is 5.91 Å². The first-order valence-electron chi connectivity index (χ1n) is 11.2. The monoisotopic (exact) mass is 459 g/mol. The predicted molar refractivity (Wildman–Crippen MR) is 137 cm³/mol. The Morgan fingerprint density at radius 1 is 0.966 bits per heavy atom. The topological polar surface area (TPSA) is 46.2 Å². The molecule has 0 aliphatic carbocycles. The van der Waals surface area contributed by atoms with Crippen LogP contribution < -0.4 is 5.32 Å². The summed E-state index contributed by atoms with van der Waals surface area (Å²) in [7, 11) is 9.73. The molecular weight excluding hydrogens is 416 g/mol. The molecule has 2 radical (unpaired) electrons. The normalized spacial score (nSPS) is 14.2. The first-order chi connectivity index (χ1) is 13.6. The van der Waals surface area contributed by atoms with E-state index in [9.17, 15) is 9.59 Å². The van der Waals surface area contributed by atoms with Gasteiger partial charge in [0.15, 0.2) is 7.85 Å². The standard InChI is InChI=1S/C22H43BNO2PS2/c1-6-8-9-14-22(5,13-7-2)27-17-16-24-20(26)11-10-18-28-29-21(3,4)15-12-19(23)25/h27H,6-18H2,1-5H3,(H,24,26). The molecule has 2 unspecified atom stereocenters. The summed E-state index contributed by atoms with van der Waals surface area (Å²) in [4.78, 5) is 23.0. The third-order valence-corrected chi connectivity index (χ3v) is 10.3. The van der Waals surface area contributed by atoms with Crippen LogP contribution in [0.25, 0.3) is 0 Å². The molecule has 29 heavy (non-hydrogen) atoms. The molecule has 0 spiro atoms. The molecule has 3 nitrogen and oxygen atoms in total. The van der Waals surface area contributed by atoms with Gasteiger partial charge in [0.1, 0.15) is 0 Å². The van der Waals surface area contributed by atoms with Crippen molar-refractivity contribution in [3.8, 4) is 0 Å². The van der Waals surface area contributed by atoms with Crippen molar-refractivity contribution >= 4 is 49.6 Å². The van der Waals surface area contributed by atoms with E-state index in [0.29, 0.717) is 18.0 Å². The molecule has 168 valence electrons. The van der Waals surface area contributed by atoms with Crippen LogP contribution in [0.5, 0.6) is 0 Å². The Kier molecular flexibility index (Phi) is 17.2. The zero-order chi connectivity index (χ0) is 22.2. The van der Waals surface area contributed by atoms with E-state index in [-0.39, 0.29) is 16.3 Å². The molecular formula is C22H43BNO2PS2. The Bertz CT molecular complexity index is 466. The lowest BCUT2D eigenvalue weighted by Gasteiger charge is -2.29. The van der Waals surface area contributed by atoms with E-state index in [2.05, 4.69) is 39.9 Å². The number of hydrogen-bond acceptors (Lipinski definition) is 4. The van der Waals surface area contributed by atoms with Gasteiger partial charge in [0, 0.05) is 23.5 Å². The first-order valence-corrected chi connectivity index (χ1v) is 14.8. The minimum atomic E-state index is -0.239. The highest BCUT2D eigenvalue weighted by Crippen LogP contribution is 2.40. The number of carbonyl (C=O) groups is 2. The molecule has 0 saturated carbocycles. The molecule has 0 heterocycles. The van der Waals surface area contributed by atoms with Crippen LogP contribution in [0.2, 0.25) is 0 Å². The van der Waals surface area contributed by atoms with Gasteiger partial charge in [-0.1, -0.05) is 68.0 Å². The van der Waals surface area contributed by atoms with E-state index in [0.717, 1.165) is 39.9 Å². The fourth-order valence-corrected chi connectivity index (χ4v) is 7.53. The maximum Gasteiger partial charge on any atom is 0.220 e. The van der Waals surface area contributed by atoms with E-state index >= 15 is 0 Å². The van der Waals surface area contributed by atoms with E-state index in [1.54, 1.807) is 21.6 Å². The van der Waals surface area contributed by atoms with Crippen LogP contribution >= 0.6 is 30.2 Å². The Labute approximate surface area is 191 Å². The lowest BCUT2D eigenvalue weighted by molar-refractivity contribution is -0.121. The zero-order valence-corrected chi connectivity index (χ0v) is 22.0. The van der Waals surface area contributed by atoms with Crippen LogP contribution in [0.3, 0.4) is 0 Å². The number of rotatable bonds is 19. The fourth-order valence-electron chi connectivity index (χ4n) is 3.23. The first kappa shape index (κ1) is 29.3. The van der Waals surface area contributed by atoms with E-state index in [1.165, 1.54) is 38.5 Å². The third kappa shape index (κ3) is 17.7. The van der Waals surface area contributed by atoms with E-state index < -0.39 is 0 Å². The molecule has 0 aromatic carbocycles. The Hall–Kier alpha value is 0.335. The molecule has 1 N–H and O–H groups in total. The van der Waals surface area contributed by atoms with Crippen molar-refractivity contribution in [1.82, 2.24) is 5.32 Å². The van der Waals surface area contributed by atoms with Crippen molar-refractivity contribution in [3.05, 3.63) is 0 Å². The molecule has 0 saturated heterocycles. The fraction of sp³-hybridized carbons (Fsp3) is 0.909. The van der Waals surface area contributed by atoms with Crippen LogP contribution in [0.4, 0.5) is 0 Å². The lowest BCUT2D eigenvalue weighted by Crippen LogP contribution is -2.27. The molecule has 7 heteroatoms. The summed E-state index contributed by atoms with van der Waals surface area (Å²) in [5.74, 6) is 1.13. The smallest absolute Gasteiger partial charge is 0.220 e. The van der Waals surface area contributed by atoms with Crippen LogP contribution in [0.1, 0.15) is 98.8 Å². The summed E-state index contributed by atoms with van der Waals surface area (Å²) in [5, 5.41) is 3.57. The molecule has 2 atom stereocenters. The van der Waals surface area contributed by atoms with Gasteiger partial charge < -0.3 is 10.1 Å². The number of nitrogens with one attached hydrogen (secondary N) is 1. The van der Waals surface area contributed by atoms with Crippen molar-refractivity contribution < 1.29 is 9.59 Å². The number of carbonyl (C=O) groups excluding carboxylic acids is 2. The van der Waals surface area contributed by atoms with Gasteiger partial charge in [0.25, 0.3) is 0 Å². The molecule has 0 fully saturated rings. The van der Waals surface area contributed by atoms with Crippen LogP contribution in [-0.4, -0.2) is 47.8 Å². The van der Waals surface area contributed by atoms with Crippen molar-refractivity contribution in [2.45, 2.75) is 109 Å². The summed E-state index contributed by atoms with van der Waals surface area (Å²) >= 11 is 0. The minimum Gasteiger partial charge on any atom is -0.356 e. The minimum absolute atomic E-state index is 0.0329. The van der Waals surface area contributed by atoms with Gasteiger partial charge in [-0.25, -0.2) is 0 Å². The lowest BCUT2D eigenvalue weighted by atomic mass is 9.94. The third-order valence-electron chi connectivity index (χ3n) is 5.02. The maximum absolute atomic E-state index is 12.1. The summed E-state index contributed by atoms with van der Waals surface area (Å²) in [6, 6.07) is 0. The largest absolute Gasteiger partial charge is 0.356 e. The second-order valence-corrected chi connectivity index (χ2v) is 14.0. The number of hydrogen-bond donors (Lipinski definition) is 1. The highest BCUT2D eigenvalue weighted by molar-refractivity contribution is 8.77. The second kappa shape index (κ2) is 17.0. The number of amides is 1. The molecule has 0 aromatic heterocycles. The van der Waals surface area contributed by atoms with Crippen molar-refractivity contribution in [3.63, 3.8) is 0 Å². The van der Waals surface area contributed by atoms with Gasteiger partial charge in [-0.2, -0.15) is 0 Å². The van der Waals surface area contributed by atoms with Crippen LogP contribution in [0, 0.1) is 0 Å². The molecule has 0 rings (SSSR count). The van der Waals surface area contributed by atoms with Gasteiger partial charge in [-0.05, 0) is 57.3 Å².